The van der Waals surface area contributed by atoms with Crippen molar-refractivity contribution in [3.05, 3.63) is 28.3 Å². The Morgan fingerprint density at radius 3 is 2.42 bits per heavy atom. The van der Waals surface area contributed by atoms with E-state index in [0.29, 0.717) is 17.1 Å². The van der Waals surface area contributed by atoms with Crippen LogP contribution in [0.5, 0.6) is 0 Å². The van der Waals surface area contributed by atoms with Gasteiger partial charge in [-0.15, -0.1) is 0 Å². The van der Waals surface area contributed by atoms with E-state index in [9.17, 15) is 9.59 Å². The molecule has 0 saturated carbocycles. The molecule has 1 rings (SSSR count). The molecule has 0 saturated heterocycles. The van der Waals surface area contributed by atoms with Gasteiger partial charge in [-0.1, -0.05) is 24.6 Å². The number of carbonyl (C=O) groups excluding carboxylic acids is 2. The summed E-state index contributed by atoms with van der Waals surface area (Å²) in [6.45, 7) is 5.03. The zero-order chi connectivity index (χ0) is 14.6. The third-order valence-electron chi connectivity index (χ3n) is 3.25. The predicted molar refractivity (Wildman–Crippen MR) is 78.4 cm³/mol. The van der Waals surface area contributed by atoms with Crippen LogP contribution in [0.15, 0.2) is 12.1 Å². The molecule has 4 heteroatoms. The lowest BCUT2D eigenvalue weighted by molar-refractivity contribution is -0.125. The monoisotopic (exact) mass is 281 g/mol. The van der Waals surface area contributed by atoms with E-state index in [-0.39, 0.29) is 23.9 Å². The fraction of sp³-hybridized carbons (Fsp3) is 0.467. The van der Waals surface area contributed by atoms with Gasteiger partial charge >= 0.3 is 0 Å². The highest BCUT2D eigenvalue weighted by Crippen LogP contribution is 2.27. The molecule has 0 amide bonds. The number of aryl methyl sites for hydroxylation is 1. The first kappa shape index (κ1) is 15.7. The molecule has 0 aliphatic heterocycles. The number of halogens is 1. The van der Waals surface area contributed by atoms with Crippen LogP contribution in [-0.2, 0) is 22.4 Å². The first-order valence-electron chi connectivity index (χ1n) is 6.41. The van der Waals surface area contributed by atoms with Crippen LogP contribution in [0.2, 0.25) is 5.02 Å². The molecule has 0 bridgehead atoms. The molecule has 3 nitrogen and oxygen atoms in total. The van der Waals surface area contributed by atoms with E-state index in [1.165, 1.54) is 13.8 Å². The molecule has 0 heterocycles. The lowest BCUT2D eigenvalue weighted by atomic mass is 9.90. The summed E-state index contributed by atoms with van der Waals surface area (Å²) >= 11 is 6.09. The fourth-order valence-electron chi connectivity index (χ4n) is 2.14. The second kappa shape index (κ2) is 6.71. The fourth-order valence-corrected chi connectivity index (χ4v) is 2.40. The maximum absolute atomic E-state index is 11.6. The second-order valence-corrected chi connectivity index (χ2v) is 5.33. The first-order valence-corrected chi connectivity index (χ1v) is 6.79. The third-order valence-corrected chi connectivity index (χ3v) is 3.56. The predicted octanol–water partition coefficient (Wildman–Crippen LogP) is 3.21. The molecule has 0 fully saturated rings. The van der Waals surface area contributed by atoms with Crippen LogP contribution in [0.3, 0.4) is 0 Å². The number of hydrogen-bond donors (Lipinski definition) is 1. The van der Waals surface area contributed by atoms with Gasteiger partial charge in [0.05, 0.1) is 10.7 Å². The number of Topliss-reactive ketones (excluding diaryl/α,β-unsaturated/α-hetero) is 2. The SMILES string of the molecule is CCc1cc(C[C@@H](CC(C)=O)C(C)=O)cc(Cl)c1N. The number of ketones is 2. The van der Waals surface area contributed by atoms with E-state index in [0.717, 1.165) is 17.5 Å². The average Bonchev–Trinajstić information content (AvgIpc) is 2.31. The summed E-state index contributed by atoms with van der Waals surface area (Å²) in [6.07, 6.45) is 1.59. The number of nitrogen functional groups attached to an aromatic ring is 1. The van der Waals surface area contributed by atoms with Gasteiger partial charge in [0.15, 0.2) is 0 Å². The minimum atomic E-state index is -0.276. The molecule has 0 aliphatic carbocycles. The zero-order valence-electron chi connectivity index (χ0n) is 11.6. The smallest absolute Gasteiger partial charge is 0.133 e. The molecule has 1 aromatic carbocycles. The molecule has 1 aromatic rings. The van der Waals surface area contributed by atoms with E-state index in [4.69, 9.17) is 17.3 Å². The molecule has 2 N–H and O–H groups in total. The number of anilines is 1. The van der Waals surface area contributed by atoms with Gasteiger partial charge in [0.1, 0.15) is 11.6 Å². The van der Waals surface area contributed by atoms with Gasteiger partial charge in [-0.05, 0) is 43.9 Å². The summed E-state index contributed by atoms with van der Waals surface area (Å²) in [6, 6.07) is 3.75. The van der Waals surface area contributed by atoms with Gasteiger partial charge in [-0.25, -0.2) is 0 Å². The van der Waals surface area contributed by atoms with Gasteiger partial charge in [0.2, 0.25) is 0 Å². The topological polar surface area (TPSA) is 60.2 Å². The van der Waals surface area contributed by atoms with Crippen molar-refractivity contribution < 1.29 is 9.59 Å². The van der Waals surface area contributed by atoms with Crippen molar-refractivity contribution in [2.45, 2.75) is 40.0 Å². The summed E-state index contributed by atoms with van der Waals surface area (Å²) in [4.78, 5) is 22.8. The molecule has 0 aliphatic rings. The first-order chi connectivity index (χ1) is 8.85. The highest BCUT2D eigenvalue weighted by atomic mass is 35.5. The van der Waals surface area contributed by atoms with Crippen LogP contribution in [0.25, 0.3) is 0 Å². The highest BCUT2D eigenvalue weighted by molar-refractivity contribution is 6.33. The van der Waals surface area contributed by atoms with Gasteiger partial charge in [-0.2, -0.15) is 0 Å². The molecule has 19 heavy (non-hydrogen) atoms. The Bertz CT molecular complexity index is 497. The quantitative estimate of drug-likeness (QED) is 0.815. The number of carbonyl (C=O) groups is 2. The lowest BCUT2D eigenvalue weighted by Gasteiger charge is -2.14. The summed E-state index contributed by atoms with van der Waals surface area (Å²) in [7, 11) is 0. The Hall–Kier alpha value is -1.35. The molecule has 104 valence electrons. The van der Waals surface area contributed by atoms with Gasteiger partial charge in [0, 0.05) is 12.3 Å². The van der Waals surface area contributed by atoms with Crippen molar-refractivity contribution in [3.63, 3.8) is 0 Å². The van der Waals surface area contributed by atoms with Gasteiger partial charge in [-0.3, -0.25) is 4.79 Å². The Balaban J connectivity index is 2.99. The standard InChI is InChI=1S/C15H20ClNO2/c1-4-12-6-11(8-14(16)15(12)17)7-13(10(3)19)5-9(2)18/h6,8,13H,4-5,7,17H2,1-3H3/t13-/m1/s1. The largest absolute Gasteiger partial charge is 0.397 e. The van der Waals surface area contributed by atoms with Crippen molar-refractivity contribution in [1.82, 2.24) is 0 Å². The van der Waals surface area contributed by atoms with Crippen molar-refractivity contribution in [2.75, 3.05) is 5.73 Å². The zero-order valence-corrected chi connectivity index (χ0v) is 12.4. The number of hydrogen-bond acceptors (Lipinski definition) is 3. The molecule has 0 aromatic heterocycles. The van der Waals surface area contributed by atoms with Gasteiger partial charge < -0.3 is 10.5 Å². The molecule has 0 radical (unpaired) electrons. The maximum atomic E-state index is 11.6. The van der Waals surface area contributed by atoms with Crippen LogP contribution >= 0.6 is 11.6 Å². The van der Waals surface area contributed by atoms with Crippen LogP contribution < -0.4 is 5.73 Å². The van der Waals surface area contributed by atoms with E-state index in [2.05, 4.69) is 0 Å². The highest BCUT2D eigenvalue weighted by Gasteiger charge is 2.18. The van der Waals surface area contributed by atoms with Crippen molar-refractivity contribution in [3.8, 4) is 0 Å². The molecular formula is C15H20ClNO2. The van der Waals surface area contributed by atoms with Crippen LogP contribution in [0, 0.1) is 5.92 Å². The summed E-state index contributed by atoms with van der Waals surface area (Å²) in [5.74, 6) is -0.222. The lowest BCUT2D eigenvalue weighted by Crippen LogP contribution is -2.17. The van der Waals surface area contributed by atoms with Crippen molar-refractivity contribution in [1.29, 1.82) is 0 Å². The van der Waals surface area contributed by atoms with E-state index >= 15 is 0 Å². The van der Waals surface area contributed by atoms with Crippen LogP contribution in [0.4, 0.5) is 5.69 Å². The molecule has 1 atom stereocenters. The molecule has 0 spiro atoms. The van der Waals surface area contributed by atoms with Gasteiger partial charge in [0.25, 0.3) is 0 Å². The van der Waals surface area contributed by atoms with Crippen LogP contribution in [-0.4, -0.2) is 11.6 Å². The van der Waals surface area contributed by atoms with Crippen molar-refractivity contribution in [2.24, 2.45) is 5.92 Å². The minimum Gasteiger partial charge on any atom is -0.397 e. The summed E-state index contributed by atoms with van der Waals surface area (Å²) in [5.41, 5.74) is 8.41. The van der Waals surface area contributed by atoms with E-state index in [1.54, 1.807) is 6.07 Å². The van der Waals surface area contributed by atoms with Crippen LogP contribution in [0.1, 0.15) is 38.3 Å². The second-order valence-electron chi connectivity index (χ2n) is 4.92. The third kappa shape index (κ3) is 4.35. The molecular weight excluding hydrogens is 262 g/mol. The average molecular weight is 282 g/mol. The number of benzene rings is 1. The Labute approximate surface area is 119 Å². The maximum Gasteiger partial charge on any atom is 0.133 e. The Morgan fingerprint density at radius 1 is 1.32 bits per heavy atom. The molecule has 0 unspecified atom stereocenters. The Kier molecular flexibility index (Phi) is 5.55. The minimum absolute atomic E-state index is 0.0254. The van der Waals surface area contributed by atoms with E-state index in [1.807, 2.05) is 13.0 Å². The Morgan fingerprint density at radius 2 is 1.95 bits per heavy atom. The normalized spacial score (nSPS) is 12.2. The van der Waals surface area contributed by atoms with E-state index < -0.39 is 0 Å². The number of rotatable bonds is 6. The van der Waals surface area contributed by atoms with Crippen molar-refractivity contribution >= 4 is 28.9 Å². The number of nitrogens with two attached hydrogens (primary N) is 1. The summed E-state index contributed by atoms with van der Waals surface area (Å²) < 4.78 is 0. The summed E-state index contributed by atoms with van der Waals surface area (Å²) in [5, 5.41) is 0.513.